The second kappa shape index (κ2) is 12.8. The number of rotatable bonds is 6. The zero-order chi connectivity index (χ0) is 32.5. The number of halogens is 1. The van der Waals surface area contributed by atoms with E-state index in [0.29, 0.717) is 41.6 Å². The van der Waals surface area contributed by atoms with Crippen LogP contribution in [0.4, 0.5) is 16.0 Å². The number of hydrogen-bond acceptors (Lipinski definition) is 7. The molecular formula is C38H34FN7O2. The van der Waals surface area contributed by atoms with Crippen LogP contribution < -0.4 is 20.3 Å². The van der Waals surface area contributed by atoms with E-state index in [9.17, 15) is 9.18 Å². The predicted molar refractivity (Wildman–Crippen MR) is 182 cm³/mol. The molecule has 1 saturated carbocycles. The van der Waals surface area contributed by atoms with Crippen molar-refractivity contribution in [1.29, 1.82) is 0 Å². The molecule has 1 fully saturated rings. The van der Waals surface area contributed by atoms with E-state index in [2.05, 4.69) is 44.8 Å². The van der Waals surface area contributed by atoms with Crippen molar-refractivity contribution in [1.82, 2.24) is 24.9 Å². The van der Waals surface area contributed by atoms with Gasteiger partial charge in [-0.2, -0.15) is 9.61 Å². The van der Waals surface area contributed by atoms with Crippen LogP contribution in [0.15, 0.2) is 109 Å². The summed E-state index contributed by atoms with van der Waals surface area (Å²) in [6.07, 6.45) is 4.87. The third-order valence-corrected chi connectivity index (χ3v) is 9.03. The van der Waals surface area contributed by atoms with E-state index in [1.807, 2.05) is 66.7 Å². The molecule has 6 aromatic rings. The van der Waals surface area contributed by atoms with Gasteiger partial charge in [0.1, 0.15) is 29.1 Å². The molecule has 3 aromatic heterocycles. The minimum Gasteiger partial charge on any atom is -0.472 e. The van der Waals surface area contributed by atoms with Crippen LogP contribution in [0.1, 0.15) is 46.3 Å². The second-order valence-corrected chi connectivity index (χ2v) is 12.3. The fraction of sp³-hybridized carbons (Fsp3) is 0.211. The van der Waals surface area contributed by atoms with Gasteiger partial charge in [0.15, 0.2) is 5.65 Å². The number of nitrogens with one attached hydrogen (secondary N) is 2. The van der Waals surface area contributed by atoms with Gasteiger partial charge in [-0.05, 0) is 42.0 Å². The number of amides is 1. The number of pyridine rings is 1. The Bertz CT molecular complexity index is 2030. The lowest BCUT2D eigenvalue weighted by atomic mass is 10.0. The third kappa shape index (κ3) is 5.81. The van der Waals surface area contributed by atoms with Crippen LogP contribution in [0.5, 0.6) is 5.88 Å². The molecular weight excluding hydrogens is 605 g/mol. The van der Waals surface area contributed by atoms with Gasteiger partial charge in [0.25, 0.3) is 5.91 Å². The minimum atomic E-state index is -0.456. The lowest BCUT2D eigenvalue weighted by Gasteiger charge is -2.29. The zero-order valence-electron chi connectivity index (χ0n) is 26.2. The lowest BCUT2D eigenvalue weighted by Crippen LogP contribution is -2.42. The molecule has 2 unspecified atom stereocenters. The Labute approximate surface area is 277 Å². The first-order chi connectivity index (χ1) is 23.6. The van der Waals surface area contributed by atoms with Crippen LogP contribution in [0.25, 0.3) is 16.8 Å². The summed E-state index contributed by atoms with van der Waals surface area (Å²) in [6.45, 7) is 1.32. The van der Waals surface area contributed by atoms with Crippen LogP contribution >= 0.6 is 0 Å². The highest BCUT2D eigenvalue weighted by Crippen LogP contribution is 2.40. The van der Waals surface area contributed by atoms with Gasteiger partial charge in [0.05, 0.1) is 24.0 Å². The van der Waals surface area contributed by atoms with Gasteiger partial charge in [0.2, 0.25) is 5.88 Å². The van der Waals surface area contributed by atoms with E-state index in [-0.39, 0.29) is 24.6 Å². The van der Waals surface area contributed by atoms with Gasteiger partial charge in [-0.3, -0.25) is 4.79 Å². The fourth-order valence-electron chi connectivity index (χ4n) is 6.74. The Morgan fingerprint density at radius 1 is 0.896 bits per heavy atom. The summed E-state index contributed by atoms with van der Waals surface area (Å²) >= 11 is 0. The predicted octanol–water partition coefficient (Wildman–Crippen LogP) is 6.79. The molecule has 1 aliphatic carbocycles. The Hall–Kier alpha value is -5.77. The van der Waals surface area contributed by atoms with Crippen LogP contribution in [0.2, 0.25) is 0 Å². The number of anilines is 2. The normalized spacial score (nSPS) is 17.2. The third-order valence-electron chi connectivity index (χ3n) is 9.03. The van der Waals surface area contributed by atoms with E-state index in [4.69, 9.17) is 14.8 Å². The first-order valence-electron chi connectivity index (χ1n) is 16.3. The Balaban J connectivity index is 1.37. The average Bonchev–Trinajstić information content (AvgIpc) is 3.75. The highest BCUT2D eigenvalue weighted by atomic mass is 19.1. The Kier molecular flexibility index (Phi) is 7.89. The zero-order valence-corrected chi connectivity index (χ0v) is 26.2. The van der Waals surface area contributed by atoms with E-state index >= 15 is 0 Å². The molecule has 240 valence electrons. The molecule has 0 spiro atoms. The molecule has 10 heteroatoms. The number of benzene rings is 3. The topological polar surface area (TPSA) is 96.7 Å². The number of carbonyl (C=O) groups is 1. The van der Waals surface area contributed by atoms with E-state index in [1.54, 1.807) is 10.7 Å². The number of hydrogen-bond donors (Lipinski definition) is 2. The Morgan fingerprint density at radius 3 is 2.29 bits per heavy atom. The van der Waals surface area contributed by atoms with Crippen molar-refractivity contribution in [2.24, 2.45) is 0 Å². The van der Waals surface area contributed by atoms with Crippen LogP contribution in [-0.2, 0) is 19.6 Å². The summed E-state index contributed by atoms with van der Waals surface area (Å²) < 4.78 is 22.8. The van der Waals surface area contributed by atoms with Gasteiger partial charge in [-0.1, -0.05) is 91.0 Å². The molecule has 0 saturated heterocycles. The lowest BCUT2D eigenvalue weighted by molar-refractivity contribution is 0.0891. The number of nitrogens with zero attached hydrogens (tertiary/aromatic N) is 5. The largest absolute Gasteiger partial charge is 0.472 e. The first kappa shape index (κ1) is 29.6. The molecule has 3 aromatic carbocycles. The highest BCUT2D eigenvalue weighted by molar-refractivity contribution is 6.01. The summed E-state index contributed by atoms with van der Waals surface area (Å²) in [5, 5.41) is 11.5. The summed E-state index contributed by atoms with van der Waals surface area (Å²) in [6, 6.07) is 31.8. The van der Waals surface area contributed by atoms with Gasteiger partial charge in [-0.15, -0.1) is 0 Å². The molecule has 48 heavy (non-hydrogen) atoms. The summed E-state index contributed by atoms with van der Waals surface area (Å²) in [5.41, 5.74) is 5.28. The standard InChI is InChI=1S/C38H34FN7O2/c39-29-19-28-20-40-34-33(27-15-8-3-9-16-27)38(45(23-25-11-4-1-5-12-25)24-26-13-6-2-7-14-26)46-35(44-34)30(22-42-46)36(47)43-31-17-10-18-32(31)48-37(28)41-21-29/h1-9,11-16,19,21-22,31-32H,10,17-18,20,23-24H2,(H,40,44)(H,43,47). The SMILES string of the molecule is O=C1NC2CCCC2Oc2ncc(F)cc2CNc2nc3c1cnn3c(N(Cc1ccccc1)Cc1ccccc1)c2-c1ccccc1. The second-order valence-electron chi connectivity index (χ2n) is 12.3. The van der Waals surface area contributed by atoms with Crippen molar-refractivity contribution < 1.29 is 13.9 Å². The molecule has 0 radical (unpaired) electrons. The summed E-state index contributed by atoms with van der Waals surface area (Å²) in [5.74, 6) is 0.908. The molecule has 1 amide bonds. The van der Waals surface area contributed by atoms with Crippen LogP contribution in [-0.4, -0.2) is 37.6 Å². The van der Waals surface area contributed by atoms with E-state index in [0.717, 1.165) is 47.3 Å². The monoisotopic (exact) mass is 639 g/mol. The molecule has 1 aliphatic heterocycles. The highest BCUT2D eigenvalue weighted by Gasteiger charge is 2.34. The molecule has 9 nitrogen and oxygen atoms in total. The molecule has 8 rings (SSSR count). The molecule has 2 atom stereocenters. The number of ether oxygens (including phenoxy) is 1. The summed E-state index contributed by atoms with van der Waals surface area (Å²) in [4.78, 5) is 25.7. The Morgan fingerprint density at radius 2 is 1.58 bits per heavy atom. The maximum absolute atomic E-state index is 14.6. The first-order valence-corrected chi connectivity index (χ1v) is 16.3. The van der Waals surface area contributed by atoms with E-state index < -0.39 is 5.82 Å². The van der Waals surface area contributed by atoms with Crippen molar-refractivity contribution in [2.45, 2.75) is 51.0 Å². The van der Waals surface area contributed by atoms with Gasteiger partial charge < -0.3 is 20.3 Å². The van der Waals surface area contributed by atoms with Gasteiger partial charge >= 0.3 is 0 Å². The van der Waals surface area contributed by atoms with Gasteiger partial charge in [0, 0.05) is 25.2 Å². The fourth-order valence-corrected chi connectivity index (χ4v) is 6.74. The molecule has 4 heterocycles. The number of carbonyl (C=O) groups excluding carboxylic acids is 1. The quantitative estimate of drug-likeness (QED) is 0.207. The average molecular weight is 640 g/mol. The number of aromatic nitrogens is 4. The minimum absolute atomic E-state index is 0.197. The van der Waals surface area contributed by atoms with Crippen molar-refractivity contribution in [2.75, 3.05) is 10.2 Å². The van der Waals surface area contributed by atoms with Crippen molar-refractivity contribution >= 4 is 23.2 Å². The van der Waals surface area contributed by atoms with Crippen molar-refractivity contribution in [3.63, 3.8) is 0 Å². The maximum atomic E-state index is 14.6. The van der Waals surface area contributed by atoms with E-state index in [1.165, 1.54) is 12.3 Å². The molecule has 2 bridgehead atoms. The summed E-state index contributed by atoms with van der Waals surface area (Å²) in [7, 11) is 0. The maximum Gasteiger partial charge on any atom is 0.257 e. The van der Waals surface area contributed by atoms with Crippen LogP contribution in [0, 0.1) is 5.82 Å². The smallest absolute Gasteiger partial charge is 0.257 e. The molecule has 2 N–H and O–H groups in total. The van der Waals surface area contributed by atoms with Crippen LogP contribution in [0.3, 0.4) is 0 Å². The van der Waals surface area contributed by atoms with Crippen molar-refractivity contribution in [3.05, 3.63) is 138 Å². The van der Waals surface area contributed by atoms with Crippen molar-refractivity contribution in [3.8, 4) is 17.0 Å². The molecule has 2 aliphatic rings. The number of fused-ring (bicyclic) bond motifs is 3. The van der Waals surface area contributed by atoms with Gasteiger partial charge in [-0.25, -0.2) is 14.4 Å².